The molecule has 0 radical (unpaired) electrons. The van der Waals surface area contributed by atoms with Crippen LogP contribution >= 0.6 is 0 Å². The van der Waals surface area contributed by atoms with Gasteiger partial charge in [0.2, 0.25) is 11.8 Å². The Balaban J connectivity index is 1.54. The second-order valence-electron chi connectivity index (χ2n) is 10.9. The molecular weight excluding hydrogens is 505 g/mol. The number of rotatable bonds is 11. The second kappa shape index (κ2) is 13.6. The molecule has 0 bridgehead atoms. The van der Waals surface area contributed by atoms with Crippen molar-refractivity contribution in [3.8, 4) is 5.75 Å². The summed E-state index contributed by atoms with van der Waals surface area (Å²) in [6.45, 7) is 10.5. The van der Waals surface area contributed by atoms with E-state index < -0.39 is 11.9 Å². The van der Waals surface area contributed by atoms with E-state index in [0.717, 1.165) is 22.4 Å². The number of fused-ring (bicyclic) bond motifs is 1. The van der Waals surface area contributed by atoms with Gasteiger partial charge in [-0.15, -0.1) is 0 Å². The van der Waals surface area contributed by atoms with Crippen LogP contribution in [-0.2, 0) is 29.0 Å². The van der Waals surface area contributed by atoms with Gasteiger partial charge in [0.25, 0.3) is 0 Å². The molecule has 0 spiro atoms. The molecule has 0 aromatic heterocycles. The van der Waals surface area contributed by atoms with E-state index in [2.05, 4.69) is 37.9 Å². The Labute approximate surface area is 237 Å². The van der Waals surface area contributed by atoms with E-state index in [4.69, 9.17) is 4.74 Å². The summed E-state index contributed by atoms with van der Waals surface area (Å²) in [5, 5.41) is 3.08. The molecule has 3 aromatic rings. The lowest BCUT2D eigenvalue weighted by molar-refractivity contribution is -0.141. The molecule has 4 rings (SSSR count). The predicted octanol–water partition coefficient (Wildman–Crippen LogP) is 5.31. The van der Waals surface area contributed by atoms with E-state index in [-0.39, 0.29) is 18.2 Å². The van der Waals surface area contributed by atoms with Gasteiger partial charge in [0, 0.05) is 31.7 Å². The van der Waals surface area contributed by atoms with E-state index in [0.29, 0.717) is 50.3 Å². The summed E-state index contributed by atoms with van der Waals surface area (Å²) in [5.74, 6) is -0.200. The first-order valence-corrected chi connectivity index (χ1v) is 14.1. The fraction of sp³-hybridized carbons (Fsp3) is 0.394. The van der Waals surface area contributed by atoms with E-state index in [1.54, 1.807) is 23.1 Å². The van der Waals surface area contributed by atoms with E-state index >= 15 is 0 Å². The van der Waals surface area contributed by atoms with Gasteiger partial charge in [-0.2, -0.15) is 0 Å². The van der Waals surface area contributed by atoms with Crippen molar-refractivity contribution in [2.24, 2.45) is 0 Å². The smallest absolute Gasteiger partial charge is 0.247 e. The van der Waals surface area contributed by atoms with Gasteiger partial charge in [-0.3, -0.25) is 14.5 Å². The van der Waals surface area contributed by atoms with Crippen molar-refractivity contribution in [1.82, 2.24) is 15.1 Å². The number of hydrogen-bond acceptors (Lipinski definition) is 4. The van der Waals surface area contributed by atoms with Gasteiger partial charge in [0.05, 0.1) is 6.42 Å². The highest BCUT2D eigenvalue weighted by atomic mass is 19.1. The van der Waals surface area contributed by atoms with E-state index in [9.17, 15) is 14.0 Å². The third-order valence-electron chi connectivity index (χ3n) is 7.46. The topological polar surface area (TPSA) is 61.9 Å². The van der Waals surface area contributed by atoms with Gasteiger partial charge in [-0.25, -0.2) is 4.39 Å². The minimum Gasteiger partial charge on any atom is -0.489 e. The van der Waals surface area contributed by atoms with Crippen LogP contribution in [0.2, 0.25) is 0 Å². The minimum atomic E-state index is -0.794. The lowest BCUT2D eigenvalue weighted by Gasteiger charge is -2.37. The summed E-state index contributed by atoms with van der Waals surface area (Å²) in [5.41, 5.74) is 3.15. The first kappa shape index (κ1) is 29.3. The van der Waals surface area contributed by atoms with E-state index in [1.807, 2.05) is 48.5 Å². The van der Waals surface area contributed by atoms with Gasteiger partial charge in [0.15, 0.2) is 0 Å². The first-order chi connectivity index (χ1) is 19.2. The number of benzene rings is 3. The summed E-state index contributed by atoms with van der Waals surface area (Å²) < 4.78 is 20.4. The standard InChI is InChI=1S/C33H40FN3O3/c1-23(2)36(24(3)4)19-17-35-33(39)32-29-15-14-28(40-22-25-10-6-5-7-11-25)20-26(29)16-18-37(32)31(38)21-27-12-8-9-13-30(27)34/h5-15,20,23-24,32H,16-19,21-22H2,1-4H3,(H,35,39). The highest BCUT2D eigenvalue weighted by molar-refractivity contribution is 5.90. The number of nitrogens with zero attached hydrogens (tertiary/aromatic N) is 2. The SMILES string of the molecule is CC(C)N(CCNC(=O)C1c2ccc(OCc3ccccc3)cc2CCN1C(=O)Cc1ccccc1F)C(C)C. The van der Waals surface area contributed by atoms with Crippen molar-refractivity contribution in [3.05, 3.63) is 101 Å². The van der Waals surface area contributed by atoms with Crippen molar-refractivity contribution in [2.45, 2.75) is 65.3 Å². The Hall–Kier alpha value is -3.71. The Morgan fingerprint density at radius 3 is 2.40 bits per heavy atom. The normalized spacial score (nSPS) is 14.9. The molecule has 1 N–H and O–H groups in total. The van der Waals surface area contributed by atoms with Gasteiger partial charge < -0.3 is 15.0 Å². The highest BCUT2D eigenvalue weighted by Crippen LogP contribution is 2.33. The van der Waals surface area contributed by atoms with Crippen LogP contribution in [0.25, 0.3) is 0 Å². The molecule has 3 aromatic carbocycles. The monoisotopic (exact) mass is 545 g/mol. The molecule has 1 atom stereocenters. The van der Waals surface area contributed by atoms with Crippen LogP contribution in [0.15, 0.2) is 72.8 Å². The lowest BCUT2D eigenvalue weighted by atomic mass is 9.91. The van der Waals surface area contributed by atoms with Crippen molar-refractivity contribution in [3.63, 3.8) is 0 Å². The summed E-state index contributed by atoms with van der Waals surface area (Å²) in [6, 6.07) is 21.8. The number of hydrogen-bond donors (Lipinski definition) is 1. The van der Waals surface area contributed by atoms with Crippen LogP contribution in [0.4, 0.5) is 4.39 Å². The van der Waals surface area contributed by atoms with Crippen LogP contribution in [0.3, 0.4) is 0 Å². The zero-order valence-electron chi connectivity index (χ0n) is 23.9. The molecule has 1 unspecified atom stereocenters. The van der Waals surface area contributed by atoms with Gasteiger partial charge in [0.1, 0.15) is 24.2 Å². The Morgan fingerprint density at radius 1 is 1.00 bits per heavy atom. The summed E-state index contributed by atoms with van der Waals surface area (Å²) in [7, 11) is 0. The molecular formula is C33H40FN3O3. The molecule has 0 fully saturated rings. The van der Waals surface area contributed by atoms with Crippen LogP contribution < -0.4 is 10.1 Å². The highest BCUT2D eigenvalue weighted by Gasteiger charge is 2.36. The molecule has 6 nitrogen and oxygen atoms in total. The number of ether oxygens (including phenoxy) is 1. The molecule has 7 heteroatoms. The minimum absolute atomic E-state index is 0.0987. The zero-order chi connectivity index (χ0) is 28.6. The molecule has 1 aliphatic rings. The molecule has 212 valence electrons. The van der Waals surface area contributed by atoms with E-state index in [1.165, 1.54) is 6.07 Å². The Bertz CT molecular complexity index is 1290. The fourth-order valence-electron chi connectivity index (χ4n) is 5.41. The maximum absolute atomic E-state index is 14.4. The third kappa shape index (κ3) is 7.27. The molecule has 2 amide bonds. The molecule has 0 aliphatic carbocycles. The van der Waals surface area contributed by atoms with Crippen LogP contribution in [-0.4, -0.2) is 53.3 Å². The van der Waals surface area contributed by atoms with Crippen LogP contribution in [0, 0.1) is 5.82 Å². The maximum Gasteiger partial charge on any atom is 0.247 e. The average Bonchev–Trinajstić information content (AvgIpc) is 2.94. The predicted molar refractivity (Wildman–Crippen MR) is 155 cm³/mol. The van der Waals surface area contributed by atoms with Crippen molar-refractivity contribution < 1.29 is 18.7 Å². The zero-order valence-corrected chi connectivity index (χ0v) is 23.9. The fourth-order valence-corrected chi connectivity index (χ4v) is 5.41. The Kier molecular flexibility index (Phi) is 9.93. The second-order valence-corrected chi connectivity index (χ2v) is 10.9. The summed E-state index contributed by atoms with van der Waals surface area (Å²) in [4.78, 5) is 31.1. The van der Waals surface area contributed by atoms with Crippen molar-refractivity contribution in [1.29, 1.82) is 0 Å². The van der Waals surface area contributed by atoms with Gasteiger partial charge in [-0.1, -0.05) is 54.6 Å². The van der Waals surface area contributed by atoms with Gasteiger partial charge in [-0.05, 0) is 74.6 Å². The maximum atomic E-state index is 14.4. The number of amides is 2. The van der Waals surface area contributed by atoms with Crippen molar-refractivity contribution >= 4 is 11.8 Å². The lowest BCUT2D eigenvalue weighted by Crippen LogP contribution is -2.49. The van der Waals surface area contributed by atoms with Crippen LogP contribution in [0.1, 0.15) is 56.0 Å². The average molecular weight is 546 g/mol. The Morgan fingerprint density at radius 2 is 1.70 bits per heavy atom. The third-order valence-corrected chi connectivity index (χ3v) is 7.46. The number of nitrogens with one attached hydrogen (secondary N) is 1. The summed E-state index contributed by atoms with van der Waals surface area (Å²) in [6.07, 6.45) is 0.484. The summed E-state index contributed by atoms with van der Waals surface area (Å²) >= 11 is 0. The van der Waals surface area contributed by atoms with Crippen LogP contribution in [0.5, 0.6) is 5.75 Å². The molecule has 1 heterocycles. The van der Waals surface area contributed by atoms with Crippen molar-refractivity contribution in [2.75, 3.05) is 19.6 Å². The quantitative estimate of drug-likeness (QED) is 0.355. The number of carbonyl (C=O) groups excluding carboxylic acids is 2. The molecule has 40 heavy (non-hydrogen) atoms. The molecule has 0 saturated carbocycles. The first-order valence-electron chi connectivity index (χ1n) is 14.1. The van der Waals surface area contributed by atoms with Gasteiger partial charge >= 0.3 is 0 Å². The largest absolute Gasteiger partial charge is 0.489 e. The molecule has 1 aliphatic heterocycles. The number of halogens is 1. The molecule has 0 saturated heterocycles. The number of carbonyl (C=O) groups is 2.